The summed E-state index contributed by atoms with van der Waals surface area (Å²) in [7, 11) is 0. The van der Waals surface area contributed by atoms with Crippen LogP contribution < -0.4 is 5.73 Å². The molecule has 2 aromatic rings. The van der Waals surface area contributed by atoms with Crippen LogP contribution in [0.1, 0.15) is 25.7 Å². The van der Waals surface area contributed by atoms with E-state index in [4.69, 9.17) is 14.9 Å². The van der Waals surface area contributed by atoms with Crippen LogP contribution in [0.2, 0.25) is 0 Å². The number of hydrogen-bond donors (Lipinski definition) is 1. The SMILES string of the molecule is NC(=O)CCn1c(SC[C@H]2CCCCO2)nnc1-c1ccco1. The molecule has 8 heteroatoms. The number of primary amides is 1. The first-order valence-electron chi connectivity index (χ1n) is 7.74. The van der Waals surface area contributed by atoms with Crippen molar-refractivity contribution in [3.63, 3.8) is 0 Å². The number of ether oxygens (including phenoxy) is 1. The molecular weight excluding hydrogens is 316 g/mol. The zero-order chi connectivity index (χ0) is 16.1. The number of aromatic nitrogens is 3. The number of nitrogens with two attached hydrogens (primary N) is 1. The van der Waals surface area contributed by atoms with Crippen molar-refractivity contribution in [3.05, 3.63) is 18.4 Å². The lowest BCUT2D eigenvalue weighted by atomic mass is 10.1. The lowest BCUT2D eigenvalue weighted by molar-refractivity contribution is -0.118. The smallest absolute Gasteiger partial charge is 0.219 e. The van der Waals surface area contributed by atoms with E-state index in [1.807, 2.05) is 10.6 Å². The maximum Gasteiger partial charge on any atom is 0.219 e. The van der Waals surface area contributed by atoms with Gasteiger partial charge in [0.25, 0.3) is 0 Å². The molecule has 1 saturated heterocycles. The Labute approximate surface area is 138 Å². The minimum Gasteiger partial charge on any atom is -0.461 e. The fourth-order valence-corrected chi connectivity index (χ4v) is 3.54. The molecule has 1 atom stereocenters. The van der Waals surface area contributed by atoms with E-state index >= 15 is 0 Å². The molecule has 1 aliphatic heterocycles. The van der Waals surface area contributed by atoms with E-state index in [9.17, 15) is 4.79 Å². The Balaban J connectivity index is 1.74. The van der Waals surface area contributed by atoms with E-state index in [0.717, 1.165) is 30.4 Å². The minimum atomic E-state index is -0.351. The maximum absolute atomic E-state index is 11.1. The summed E-state index contributed by atoms with van der Waals surface area (Å²) >= 11 is 1.59. The van der Waals surface area contributed by atoms with E-state index in [2.05, 4.69) is 10.2 Å². The van der Waals surface area contributed by atoms with Gasteiger partial charge in [-0.05, 0) is 31.4 Å². The third kappa shape index (κ3) is 4.14. The summed E-state index contributed by atoms with van der Waals surface area (Å²) in [4.78, 5) is 11.1. The number of amides is 1. The molecule has 0 spiro atoms. The zero-order valence-corrected chi connectivity index (χ0v) is 13.6. The van der Waals surface area contributed by atoms with Gasteiger partial charge < -0.3 is 14.9 Å². The average Bonchev–Trinajstić information content (AvgIpc) is 3.21. The molecular formula is C15H20N4O3S. The maximum atomic E-state index is 11.1. The Bertz CT molecular complexity index is 635. The van der Waals surface area contributed by atoms with Crippen LogP contribution in [0.25, 0.3) is 11.6 Å². The second-order valence-electron chi connectivity index (χ2n) is 5.45. The highest BCUT2D eigenvalue weighted by Crippen LogP contribution is 2.27. The third-order valence-electron chi connectivity index (χ3n) is 3.71. The van der Waals surface area contributed by atoms with Crippen molar-refractivity contribution >= 4 is 17.7 Å². The van der Waals surface area contributed by atoms with E-state index in [0.29, 0.717) is 18.1 Å². The molecule has 0 aliphatic carbocycles. The fraction of sp³-hybridized carbons (Fsp3) is 0.533. The van der Waals surface area contributed by atoms with Crippen LogP contribution in [0.5, 0.6) is 0 Å². The number of carbonyl (C=O) groups excluding carboxylic acids is 1. The highest BCUT2D eigenvalue weighted by atomic mass is 32.2. The molecule has 0 aromatic carbocycles. The molecule has 3 rings (SSSR count). The average molecular weight is 336 g/mol. The van der Waals surface area contributed by atoms with Crippen molar-refractivity contribution in [3.8, 4) is 11.6 Å². The minimum absolute atomic E-state index is 0.235. The molecule has 1 aliphatic rings. The quantitative estimate of drug-likeness (QED) is 0.778. The van der Waals surface area contributed by atoms with Gasteiger partial charge in [-0.15, -0.1) is 10.2 Å². The van der Waals surface area contributed by atoms with Crippen LogP contribution >= 0.6 is 11.8 Å². The van der Waals surface area contributed by atoms with Gasteiger partial charge in [0.15, 0.2) is 16.7 Å². The predicted molar refractivity (Wildman–Crippen MR) is 85.9 cm³/mol. The molecule has 2 aromatic heterocycles. The van der Waals surface area contributed by atoms with Gasteiger partial charge in [-0.2, -0.15) is 0 Å². The Kier molecular flexibility index (Phi) is 5.35. The second-order valence-corrected chi connectivity index (χ2v) is 6.44. The van der Waals surface area contributed by atoms with Gasteiger partial charge in [-0.1, -0.05) is 11.8 Å². The van der Waals surface area contributed by atoms with Crippen molar-refractivity contribution in [2.75, 3.05) is 12.4 Å². The van der Waals surface area contributed by atoms with Crippen LogP contribution in [0.15, 0.2) is 28.0 Å². The molecule has 3 heterocycles. The Morgan fingerprint density at radius 3 is 3.04 bits per heavy atom. The molecule has 7 nitrogen and oxygen atoms in total. The molecule has 0 unspecified atom stereocenters. The lowest BCUT2D eigenvalue weighted by Gasteiger charge is -2.21. The Morgan fingerprint density at radius 2 is 2.35 bits per heavy atom. The van der Waals surface area contributed by atoms with Crippen molar-refractivity contribution in [1.29, 1.82) is 0 Å². The summed E-state index contributed by atoms with van der Waals surface area (Å²) in [5, 5.41) is 9.20. The number of carbonyl (C=O) groups is 1. The van der Waals surface area contributed by atoms with Gasteiger partial charge >= 0.3 is 0 Å². The number of nitrogens with zero attached hydrogens (tertiary/aromatic N) is 3. The van der Waals surface area contributed by atoms with E-state index in [1.54, 1.807) is 24.1 Å². The van der Waals surface area contributed by atoms with Crippen LogP contribution in [0, 0.1) is 0 Å². The predicted octanol–water partition coefficient (Wildman–Crippen LogP) is 2.07. The molecule has 1 fully saturated rings. The van der Waals surface area contributed by atoms with Crippen molar-refractivity contribution in [2.24, 2.45) is 5.73 Å². The van der Waals surface area contributed by atoms with E-state index in [1.165, 1.54) is 6.42 Å². The largest absolute Gasteiger partial charge is 0.461 e. The first-order chi connectivity index (χ1) is 11.2. The van der Waals surface area contributed by atoms with Gasteiger partial charge in [-0.25, -0.2) is 0 Å². The van der Waals surface area contributed by atoms with Gasteiger partial charge in [0, 0.05) is 25.3 Å². The normalized spacial score (nSPS) is 18.2. The van der Waals surface area contributed by atoms with E-state index in [-0.39, 0.29) is 18.4 Å². The molecule has 23 heavy (non-hydrogen) atoms. The highest BCUT2D eigenvalue weighted by molar-refractivity contribution is 7.99. The van der Waals surface area contributed by atoms with Gasteiger partial charge in [0.1, 0.15) is 0 Å². The number of rotatable bonds is 7. The first-order valence-corrected chi connectivity index (χ1v) is 8.72. The Morgan fingerprint density at radius 1 is 1.43 bits per heavy atom. The summed E-state index contributed by atoms with van der Waals surface area (Å²) in [6.45, 7) is 1.27. The molecule has 0 bridgehead atoms. The second kappa shape index (κ2) is 7.65. The number of hydrogen-bond acceptors (Lipinski definition) is 6. The summed E-state index contributed by atoms with van der Waals surface area (Å²) in [6, 6.07) is 3.62. The van der Waals surface area contributed by atoms with Crippen molar-refractivity contribution in [1.82, 2.24) is 14.8 Å². The summed E-state index contributed by atoms with van der Waals surface area (Å²) in [5.41, 5.74) is 5.28. The number of thioether (sulfide) groups is 1. The van der Waals surface area contributed by atoms with E-state index < -0.39 is 0 Å². The monoisotopic (exact) mass is 336 g/mol. The molecule has 2 N–H and O–H groups in total. The van der Waals surface area contributed by atoms with Crippen LogP contribution in [0.3, 0.4) is 0 Å². The molecule has 0 saturated carbocycles. The fourth-order valence-electron chi connectivity index (χ4n) is 2.51. The Hall–Kier alpha value is -1.80. The number of furan rings is 1. The van der Waals surface area contributed by atoms with Crippen LogP contribution in [-0.4, -0.2) is 39.1 Å². The lowest BCUT2D eigenvalue weighted by Crippen LogP contribution is -2.21. The zero-order valence-electron chi connectivity index (χ0n) is 12.8. The molecule has 0 radical (unpaired) electrons. The standard InChI is InChI=1S/C15H20N4O3S/c16-13(20)6-7-19-14(12-5-3-9-22-12)17-18-15(19)23-10-11-4-1-2-8-21-11/h3,5,9,11H,1-2,4,6-8,10H2,(H2,16,20)/t11-/m1/s1. The van der Waals surface area contributed by atoms with Crippen LogP contribution in [0.4, 0.5) is 0 Å². The van der Waals surface area contributed by atoms with Gasteiger partial charge in [0.05, 0.1) is 12.4 Å². The first kappa shape index (κ1) is 16.1. The van der Waals surface area contributed by atoms with Crippen molar-refractivity contribution < 1.29 is 13.9 Å². The van der Waals surface area contributed by atoms with Crippen LogP contribution in [-0.2, 0) is 16.1 Å². The topological polar surface area (TPSA) is 96.2 Å². The van der Waals surface area contributed by atoms with Gasteiger partial charge in [0.2, 0.25) is 5.91 Å². The van der Waals surface area contributed by atoms with Crippen molar-refractivity contribution in [2.45, 2.75) is 43.5 Å². The summed E-state index contributed by atoms with van der Waals surface area (Å²) < 4.78 is 13.0. The van der Waals surface area contributed by atoms with Gasteiger partial charge in [-0.3, -0.25) is 9.36 Å². The third-order valence-corrected chi connectivity index (χ3v) is 4.81. The summed E-state index contributed by atoms with van der Waals surface area (Å²) in [5.74, 6) is 1.72. The molecule has 1 amide bonds. The molecule has 124 valence electrons. The highest BCUT2D eigenvalue weighted by Gasteiger charge is 2.20. The summed E-state index contributed by atoms with van der Waals surface area (Å²) in [6.07, 6.45) is 5.50.